The molecule has 2 aliphatic heterocycles. The average Bonchev–Trinajstić information content (AvgIpc) is 2.90. The first-order valence-corrected chi connectivity index (χ1v) is 9.16. The van der Waals surface area contributed by atoms with Crippen LogP contribution in [0.5, 0.6) is 5.75 Å². The van der Waals surface area contributed by atoms with E-state index in [1.165, 1.54) is 0 Å². The van der Waals surface area contributed by atoms with E-state index in [9.17, 15) is 15.0 Å². The summed E-state index contributed by atoms with van der Waals surface area (Å²) in [4.78, 5) is 18.0. The van der Waals surface area contributed by atoms with Gasteiger partial charge in [-0.2, -0.15) is 0 Å². The number of rotatable bonds is 3. The Morgan fingerprint density at radius 1 is 1.41 bits per heavy atom. The molecule has 118 valence electrons. The van der Waals surface area contributed by atoms with Gasteiger partial charge in [0.2, 0.25) is 0 Å². The first kappa shape index (κ1) is 15.7. The maximum Gasteiger partial charge on any atom is 0.321 e. The standard InChI is InChI=1S/C15H18N2O3S2/c1-17-11(15(19)20)8-22-14(17)10-6-7-21-13(16-10)9-4-2-3-5-12(9)18/h2-5,10-11,14,18H,6-8H2,1H3,(H,19,20)/t10?,11-,14-/m1/s1. The molecule has 2 N–H and O–H groups in total. The SMILES string of the molecule is CN1[C@@H](C(=O)O)CS[C@@H]1C1CCSC(c2ccccc2O)=N1. The van der Waals surface area contributed by atoms with Crippen molar-refractivity contribution >= 4 is 34.5 Å². The quantitative estimate of drug-likeness (QED) is 0.879. The van der Waals surface area contributed by atoms with Crippen LogP contribution in [0.15, 0.2) is 29.3 Å². The third-order valence-corrected chi connectivity index (χ3v) is 6.54. The monoisotopic (exact) mass is 338 g/mol. The number of benzene rings is 1. The van der Waals surface area contributed by atoms with Gasteiger partial charge in [0.05, 0.1) is 11.4 Å². The molecule has 1 aromatic carbocycles. The van der Waals surface area contributed by atoms with E-state index in [1.807, 2.05) is 24.1 Å². The minimum atomic E-state index is -0.771. The third-order valence-electron chi connectivity index (χ3n) is 4.00. The molecule has 0 bridgehead atoms. The van der Waals surface area contributed by atoms with Crippen molar-refractivity contribution in [1.82, 2.24) is 4.90 Å². The molecule has 1 fully saturated rings. The molecule has 3 rings (SSSR count). The smallest absolute Gasteiger partial charge is 0.321 e. The van der Waals surface area contributed by atoms with Gasteiger partial charge in [-0.1, -0.05) is 12.1 Å². The van der Waals surface area contributed by atoms with Crippen molar-refractivity contribution in [3.05, 3.63) is 29.8 Å². The number of aliphatic imine (C=N–C) groups is 1. The van der Waals surface area contributed by atoms with Gasteiger partial charge in [-0.05, 0) is 25.6 Å². The van der Waals surface area contributed by atoms with Gasteiger partial charge in [0.25, 0.3) is 0 Å². The number of thioether (sulfide) groups is 2. The summed E-state index contributed by atoms with van der Waals surface area (Å²) in [7, 11) is 1.86. The van der Waals surface area contributed by atoms with Gasteiger partial charge >= 0.3 is 5.97 Å². The van der Waals surface area contributed by atoms with E-state index in [1.54, 1.807) is 35.7 Å². The van der Waals surface area contributed by atoms with Gasteiger partial charge < -0.3 is 10.2 Å². The second kappa shape index (κ2) is 6.52. The van der Waals surface area contributed by atoms with Gasteiger partial charge in [0, 0.05) is 17.1 Å². The largest absolute Gasteiger partial charge is 0.507 e. The van der Waals surface area contributed by atoms with Crippen molar-refractivity contribution in [2.24, 2.45) is 4.99 Å². The van der Waals surface area contributed by atoms with Crippen molar-refractivity contribution in [3.8, 4) is 5.75 Å². The lowest BCUT2D eigenvalue weighted by atomic mass is 10.1. The van der Waals surface area contributed by atoms with E-state index in [4.69, 9.17) is 4.99 Å². The Hall–Kier alpha value is -1.18. The number of phenols is 1. The highest BCUT2D eigenvalue weighted by atomic mass is 32.2. The summed E-state index contributed by atoms with van der Waals surface area (Å²) in [6, 6.07) is 6.85. The topological polar surface area (TPSA) is 73.1 Å². The lowest BCUT2D eigenvalue weighted by molar-refractivity contribution is -0.141. The Morgan fingerprint density at radius 3 is 2.86 bits per heavy atom. The number of para-hydroxylation sites is 1. The molecule has 5 nitrogen and oxygen atoms in total. The molecule has 7 heteroatoms. The highest BCUT2D eigenvalue weighted by Crippen LogP contribution is 2.36. The van der Waals surface area contributed by atoms with Crippen LogP contribution in [0.2, 0.25) is 0 Å². The van der Waals surface area contributed by atoms with E-state index in [-0.39, 0.29) is 17.2 Å². The molecule has 1 saturated heterocycles. The lowest BCUT2D eigenvalue weighted by Gasteiger charge is -2.30. The minimum absolute atomic E-state index is 0.0650. The van der Waals surface area contributed by atoms with Crippen LogP contribution in [0.1, 0.15) is 12.0 Å². The highest BCUT2D eigenvalue weighted by molar-refractivity contribution is 8.14. The van der Waals surface area contributed by atoms with Crippen LogP contribution in [-0.2, 0) is 4.79 Å². The maximum atomic E-state index is 11.2. The summed E-state index contributed by atoms with van der Waals surface area (Å²) in [5.41, 5.74) is 0.762. The van der Waals surface area contributed by atoms with E-state index in [0.29, 0.717) is 5.75 Å². The molecule has 2 heterocycles. The Balaban J connectivity index is 1.82. The number of hydrogen-bond donors (Lipinski definition) is 2. The van der Waals surface area contributed by atoms with Crippen LogP contribution < -0.4 is 0 Å². The molecule has 0 aromatic heterocycles. The van der Waals surface area contributed by atoms with Crippen LogP contribution in [0.25, 0.3) is 0 Å². The zero-order valence-electron chi connectivity index (χ0n) is 12.2. The summed E-state index contributed by atoms with van der Waals surface area (Å²) >= 11 is 3.31. The number of carboxylic acid groups (broad SMARTS) is 1. The number of carboxylic acids is 1. The highest BCUT2D eigenvalue weighted by Gasteiger charge is 2.40. The molecular formula is C15H18N2O3S2. The molecule has 0 spiro atoms. The van der Waals surface area contributed by atoms with E-state index < -0.39 is 12.0 Å². The van der Waals surface area contributed by atoms with Crippen LogP contribution in [0.3, 0.4) is 0 Å². The number of nitrogens with zero attached hydrogens (tertiary/aromatic N) is 2. The van der Waals surface area contributed by atoms with Gasteiger partial charge in [0.15, 0.2) is 0 Å². The second-order valence-electron chi connectivity index (χ2n) is 5.40. The summed E-state index contributed by atoms with van der Waals surface area (Å²) in [6.45, 7) is 0. The van der Waals surface area contributed by atoms with Gasteiger partial charge in [0.1, 0.15) is 16.8 Å². The Morgan fingerprint density at radius 2 is 2.18 bits per heavy atom. The molecule has 0 amide bonds. The Labute approximate surface area is 137 Å². The summed E-state index contributed by atoms with van der Waals surface area (Å²) in [5, 5.41) is 20.2. The Bertz CT molecular complexity index is 608. The first-order valence-electron chi connectivity index (χ1n) is 7.13. The minimum Gasteiger partial charge on any atom is -0.507 e. The summed E-state index contributed by atoms with van der Waals surface area (Å²) in [5.74, 6) is 1.00. The number of phenolic OH excluding ortho intramolecular Hbond substituents is 1. The Kier molecular flexibility index (Phi) is 4.65. The molecule has 0 saturated carbocycles. The third kappa shape index (κ3) is 2.98. The van der Waals surface area contributed by atoms with E-state index in [0.717, 1.165) is 22.8 Å². The van der Waals surface area contributed by atoms with Crippen molar-refractivity contribution in [3.63, 3.8) is 0 Å². The predicted molar refractivity (Wildman–Crippen MR) is 90.9 cm³/mol. The normalized spacial score (nSPS) is 29.3. The lowest BCUT2D eigenvalue weighted by Crippen LogP contribution is -2.43. The average molecular weight is 338 g/mol. The van der Waals surface area contributed by atoms with E-state index in [2.05, 4.69) is 0 Å². The fourth-order valence-corrected chi connectivity index (χ4v) is 5.42. The van der Waals surface area contributed by atoms with Crippen molar-refractivity contribution < 1.29 is 15.0 Å². The predicted octanol–water partition coefficient (Wildman–Crippen LogP) is 2.10. The second-order valence-corrected chi connectivity index (χ2v) is 7.63. The van der Waals surface area contributed by atoms with Crippen molar-refractivity contribution in [2.45, 2.75) is 23.9 Å². The number of likely N-dealkylation sites (N-methyl/N-ethyl adjacent to an activating group) is 1. The molecule has 0 radical (unpaired) electrons. The summed E-state index contributed by atoms with van der Waals surface area (Å²) in [6.07, 6.45) is 0.927. The molecule has 1 aromatic rings. The molecule has 22 heavy (non-hydrogen) atoms. The number of hydrogen-bond acceptors (Lipinski definition) is 6. The first-order chi connectivity index (χ1) is 10.6. The van der Waals surface area contributed by atoms with Crippen LogP contribution >= 0.6 is 23.5 Å². The molecule has 3 atom stereocenters. The molecular weight excluding hydrogens is 320 g/mol. The van der Waals surface area contributed by atoms with Crippen LogP contribution in [-0.4, -0.2) is 62.1 Å². The van der Waals surface area contributed by atoms with Crippen LogP contribution in [0.4, 0.5) is 0 Å². The van der Waals surface area contributed by atoms with Crippen LogP contribution in [0, 0.1) is 0 Å². The summed E-state index contributed by atoms with van der Waals surface area (Å²) < 4.78 is 0. The van der Waals surface area contributed by atoms with Gasteiger partial charge in [-0.3, -0.25) is 14.7 Å². The van der Waals surface area contributed by atoms with Gasteiger partial charge in [-0.25, -0.2) is 0 Å². The van der Waals surface area contributed by atoms with Crippen molar-refractivity contribution in [1.29, 1.82) is 0 Å². The zero-order valence-corrected chi connectivity index (χ0v) is 13.8. The van der Waals surface area contributed by atoms with E-state index >= 15 is 0 Å². The number of aromatic hydroxyl groups is 1. The number of carbonyl (C=O) groups is 1. The molecule has 1 unspecified atom stereocenters. The van der Waals surface area contributed by atoms with Gasteiger partial charge in [-0.15, -0.1) is 23.5 Å². The molecule has 0 aliphatic carbocycles. The fourth-order valence-electron chi connectivity index (χ4n) is 2.77. The fraction of sp³-hybridized carbons (Fsp3) is 0.467. The van der Waals surface area contributed by atoms with Crippen molar-refractivity contribution in [2.75, 3.05) is 18.6 Å². The zero-order chi connectivity index (χ0) is 15.7. The molecule has 2 aliphatic rings. The maximum absolute atomic E-state index is 11.2. The number of aliphatic carboxylic acids is 1.